The van der Waals surface area contributed by atoms with Crippen LogP contribution in [0, 0.1) is 18.2 Å². The number of hydrogen-bond acceptors (Lipinski definition) is 5. The molecular formula is C29H30ClFN4O2S. The molecule has 9 heteroatoms. The van der Waals surface area contributed by atoms with E-state index in [1.807, 2.05) is 32.9 Å². The molecule has 1 aromatic carbocycles. The van der Waals surface area contributed by atoms with Gasteiger partial charge in [0.05, 0.1) is 11.4 Å². The fourth-order valence-electron chi connectivity index (χ4n) is 4.07. The quantitative estimate of drug-likeness (QED) is 0.291. The van der Waals surface area contributed by atoms with Crippen LogP contribution in [0.15, 0.2) is 64.7 Å². The second-order valence-corrected chi connectivity index (χ2v) is 11.1. The predicted octanol–water partition coefficient (Wildman–Crippen LogP) is 6.98. The lowest BCUT2D eigenvalue weighted by atomic mass is 9.97. The molecule has 2 heterocycles. The van der Waals surface area contributed by atoms with Crippen molar-refractivity contribution in [3.05, 3.63) is 97.8 Å². The van der Waals surface area contributed by atoms with E-state index in [9.17, 15) is 9.59 Å². The predicted molar refractivity (Wildman–Crippen MR) is 154 cm³/mol. The van der Waals surface area contributed by atoms with Crippen molar-refractivity contribution in [3.63, 3.8) is 0 Å². The third-order valence-electron chi connectivity index (χ3n) is 6.75. The molecule has 1 aliphatic carbocycles. The van der Waals surface area contributed by atoms with Gasteiger partial charge in [0.15, 0.2) is 5.82 Å². The zero-order valence-electron chi connectivity index (χ0n) is 21.8. The van der Waals surface area contributed by atoms with Crippen molar-refractivity contribution in [1.29, 1.82) is 0 Å². The summed E-state index contributed by atoms with van der Waals surface area (Å²) in [5.41, 5.74) is 1.24. The van der Waals surface area contributed by atoms with Gasteiger partial charge in [-0.1, -0.05) is 37.6 Å². The van der Waals surface area contributed by atoms with Gasteiger partial charge in [0.2, 0.25) is 5.91 Å². The van der Waals surface area contributed by atoms with Gasteiger partial charge < -0.3 is 5.32 Å². The highest BCUT2D eigenvalue weighted by molar-refractivity contribution is 7.05. The monoisotopic (exact) mass is 552 g/mol. The summed E-state index contributed by atoms with van der Waals surface area (Å²) in [5.74, 6) is -0.755. The molecule has 1 saturated carbocycles. The normalized spacial score (nSPS) is 15.8. The molecule has 1 fully saturated rings. The van der Waals surface area contributed by atoms with E-state index in [0.717, 1.165) is 29.7 Å². The van der Waals surface area contributed by atoms with E-state index in [4.69, 9.17) is 11.6 Å². The summed E-state index contributed by atoms with van der Waals surface area (Å²) in [5, 5.41) is 2.86. The van der Waals surface area contributed by atoms with Crippen molar-refractivity contribution >= 4 is 46.6 Å². The summed E-state index contributed by atoms with van der Waals surface area (Å²) >= 11 is 7.96. The Balaban J connectivity index is 1.65. The third-order valence-corrected chi connectivity index (χ3v) is 7.89. The molecule has 4 rings (SSSR count). The number of carbonyl (C=O) groups excluding carboxylic acids is 1. The first-order valence-corrected chi connectivity index (χ1v) is 13.6. The Labute approximate surface area is 230 Å². The SMILES string of the molecule is C/C=C/N=C(/C=C/n1c(C)cc(C(C)Cc2ccns2)c(Cl)c1=O)c1cccc(NC(=O)C2(C)CC2)c1F. The van der Waals surface area contributed by atoms with E-state index in [0.29, 0.717) is 11.4 Å². The number of aliphatic imine (C=N–C) groups is 1. The Morgan fingerprint density at radius 3 is 2.79 bits per heavy atom. The second kappa shape index (κ2) is 11.6. The topological polar surface area (TPSA) is 76.3 Å². The zero-order valence-corrected chi connectivity index (χ0v) is 23.4. The minimum absolute atomic E-state index is 0.0322. The molecule has 1 aliphatic rings. The number of pyridine rings is 1. The van der Waals surface area contributed by atoms with Crippen LogP contribution in [0.4, 0.5) is 10.1 Å². The van der Waals surface area contributed by atoms with Crippen molar-refractivity contribution < 1.29 is 9.18 Å². The number of rotatable bonds is 9. The molecule has 2 aromatic heterocycles. The average Bonchev–Trinajstić information content (AvgIpc) is 3.44. The largest absolute Gasteiger partial charge is 0.323 e. The summed E-state index contributed by atoms with van der Waals surface area (Å²) in [6.45, 7) is 7.51. The summed E-state index contributed by atoms with van der Waals surface area (Å²) in [7, 11) is 0. The standard InChI is InChI=1S/C29H30ClFN4O2S/c1-5-13-32-23(21-7-6-8-24(26(21)31)34-28(37)29(4)11-12-29)10-15-35-19(3)17-22(25(30)27(35)36)18(2)16-20-9-14-33-38-20/h5-10,13-15,17-18H,11-12,16H2,1-4H3,(H,34,37)/b13-5+,15-10+,32-23-. The number of aryl methyl sites for hydroxylation is 1. The van der Waals surface area contributed by atoms with Crippen molar-refractivity contribution in [3.8, 4) is 0 Å². The van der Waals surface area contributed by atoms with Crippen LogP contribution in [-0.2, 0) is 11.2 Å². The minimum atomic E-state index is -0.590. The highest BCUT2D eigenvalue weighted by Gasteiger charge is 2.45. The fraction of sp³-hybridized carbons (Fsp3) is 0.310. The van der Waals surface area contributed by atoms with Gasteiger partial charge in [-0.05, 0) is 86.5 Å². The average molecular weight is 553 g/mol. The molecule has 38 heavy (non-hydrogen) atoms. The van der Waals surface area contributed by atoms with Crippen LogP contribution in [0.2, 0.25) is 5.02 Å². The Kier molecular flexibility index (Phi) is 8.43. The zero-order chi connectivity index (χ0) is 27.4. The highest BCUT2D eigenvalue weighted by atomic mass is 35.5. The van der Waals surface area contributed by atoms with Crippen molar-refractivity contribution in [2.45, 2.75) is 52.9 Å². The lowest BCUT2D eigenvalue weighted by Gasteiger charge is -2.16. The van der Waals surface area contributed by atoms with Crippen molar-refractivity contribution in [1.82, 2.24) is 8.94 Å². The first-order chi connectivity index (χ1) is 18.1. The van der Waals surface area contributed by atoms with E-state index >= 15 is 4.39 Å². The number of allylic oxidation sites excluding steroid dienone is 2. The third kappa shape index (κ3) is 6.03. The molecule has 0 spiro atoms. The number of hydrogen-bond donors (Lipinski definition) is 1. The lowest BCUT2D eigenvalue weighted by molar-refractivity contribution is -0.120. The van der Waals surface area contributed by atoms with Gasteiger partial charge in [0.25, 0.3) is 5.56 Å². The molecule has 198 valence electrons. The molecule has 1 N–H and O–H groups in total. The fourth-order valence-corrected chi connectivity index (χ4v) is 5.10. The van der Waals surface area contributed by atoms with Gasteiger partial charge >= 0.3 is 0 Å². The Bertz CT molecular complexity index is 1490. The summed E-state index contributed by atoms with van der Waals surface area (Å²) in [4.78, 5) is 31.2. The molecule has 0 bridgehead atoms. The smallest absolute Gasteiger partial charge is 0.273 e. The van der Waals surface area contributed by atoms with E-state index < -0.39 is 11.2 Å². The number of anilines is 1. The molecular weight excluding hydrogens is 523 g/mol. The molecule has 0 radical (unpaired) electrons. The lowest BCUT2D eigenvalue weighted by Crippen LogP contribution is -2.22. The molecule has 0 saturated heterocycles. The van der Waals surface area contributed by atoms with Crippen molar-refractivity contribution in [2.24, 2.45) is 10.4 Å². The number of nitrogens with zero attached hydrogens (tertiary/aromatic N) is 3. The van der Waals surface area contributed by atoms with Crippen LogP contribution in [0.5, 0.6) is 0 Å². The van der Waals surface area contributed by atoms with Crippen molar-refractivity contribution in [2.75, 3.05) is 5.32 Å². The molecule has 1 unspecified atom stereocenters. The first-order valence-electron chi connectivity index (χ1n) is 12.4. The molecule has 1 amide bonds. The second-order valence-electron chi connectivity index (χ2n) is 9.81. The van der Waals surface area contributed by atoms with E-state index in [1.54, 1.807) is 49.8 Å². The van der Waals surface area contributed by atoms with Crippen LogP contribution < -0.4 is 10.9 Å². The Morgan fingerprint density at radius 1 is 1.37 bits per heavy atom. The number of halogens is 2. The van der Waals surface area contributed by atoms with E-state index in [2.05, 4.69) is 14.7 Å². The Hall–Kier alpha value is -3.36. The van der Waals surface area contributed by atoms with Gasteiger partial charge in [-0.2, -0.15) is 0 Å². The van der Waals surface area contributed by atoms with Gasteiger partial charge in [-0.25, -0.2) is 8.76 Å². The van der Waals surface area contributed by atoms with Gasteiger partial charge in [-0.15, -0.1) is 0 Å². The van der Waals surface area contributed by atoms with E-state index in [-0.39, 0.29) is 33.7 Å². The number of nitrogens with one attached hydrogen (secondary N) is 1. The molecule has 1 atom stereocenters. The van der Waals surface area contributed by atoms with Crippen LogP contribution in [0.25, 0.3) is 6.20 Å². The van der Waals surface area contributed by atoms with Crippen LogP contribution in [0.3, 0.4) is 0 Å². The number of aromatic nitrogens is 2. The maximum atomic E-state index is 15.5. The number of amides is 1. The van der Waals surface area contributed by atoms with Gasteiger partial charge in [0.1, 0.15) is 5.02 Å². The first kappa shape index (κ1) is 27.7. The summed E-state index contributed by atoms with van der Waals surface area (Å²) in [6, 6.07) is 8.64. The minimum Gasteiger partial charge on any atom is -0.323 e. The molecule has 6 nitrogen and oxygen atoms in total. The van der Waals surface area contributed by atoms with E-state index in [1.165, 1.54) is 22.2 Å². The number of carbonyl (C=O) groups is 1. The Morgan fingerprint density at radius 2 is 2.13 bits per heavy atom. The molecule has 0 aliphatic heterocycles. The summed E-state index contributed by atoms with van der Waals surface area (Å²) < 4.78 is 21.1. The summed E-state index contributed by atoms with van der Waals surface area (Å²) in [6.07, 6.45) is 10.4. The van der Waals surface area contributed by atoms with Crippen LogP contribution >= 0.6 is 23.1 Å². The van der Waals surface area contributed by atoms with Gasteiger partial charge in [-0.3, -0.25) is 19.1 Å². The van der Waals surface area contributed by atoms with Crippen LogP contribution in [0.1, 0.15) is 61.2 Å². The maximum Gasteiger partial charge on any atom is 0.273 e. The molecule has 3 aromatic rings. The van der Waals surface area contributed by atoms with Crippen LogP contribution in [-0.4, -0.2) is 20.6 Å². The number of benzene rings is 1. The maximum absolute atomic E-state index is 15.5. The van der Waals surface area contributed by atoms with Gasteiger partial charge in [0, 0.05) is 40.1 Å². The highest BCUT2D eigenvalue weighted by Crippen LogP contribution is 2.45.